The van der Waals surface area contributed by atoms with E-state index in [-0.39, 0.29) is 12.1 Å². The van der Waals surface area contributed by atoms with Gasteiger partial charge in [0.25, 0.3) is 0 Å². The van der Waals surface area contributed by atoms with Crippen LogP contribution in [-0.4, -0.2) is 12.1 Å². The lowest BCUT2D eigenvalue weighted by atomic mass is 10.1. The van der Waals surface area contributed by atoms with Crippen molar-refractivity contribution in [2.24, 2.45) is 0 Å². The van der Waals surface area contributed by atoms with Gasteiger partial charge in [0.15, 0.2) is 0 Å². The summed E-state index contributed by atoms with van der Waals surface area (Å²) in [6, 6.07) is 17.4. The third kappa shape index (κ3) is 2.49. The van der Waals surface area contributed by atoms with Crippen LogP contribution in [0.15, 0.2) is 95.1 Å². The second-order valence-corrected chi connectivity index (χ2v) is 6.52. The summed E-state index contributed by atoms with van der Waals surface area (Å²) in [6.45, 7) is 0. The molecule has 4 rings (SSSR count). The van der Waals surface area contributed by atoms with Crippen molar-refractivity contribution in [2.45, 2.75) is 6.04 Å². The summed E-state index contributed by atoms with van der Waals surface area (Å²) in [5.74, 6) is 0. The molecule has 0 spiro atoms. The fourth-order valence-corrected chi connectivity index (χ4v) is 3.32. The molecule has 1 aliphatic heterocycles. The Hall–Kier alpha value is -2.59. The van der Waals surface area contributed by atoms with Gasteiger partial charge in [-0.15, -0.1) is 0 Å². The zero-order valence-corrected chi connectivity index (χ0v) is 14.4. The van der Waals surface area contributed by atoms with Crippen molar-refractivity contribution < 1.29 is 4.79 Å². The number of carbonyl (C=O) groups excluding carboxylic acids is 1. The molecule has 1 unspecified atom stereocenters. The molecule has 0 N–H and O–H groups in total. The molecule has 118 valence electrons. The Bertz CT molecular complexity index is 853. The second-order valence-electron chi connectivity index (χ2n) is 5.61. The molecule has 0 saturated carbocycles. The molecule has 3 nitrogen and oxygen atoms in total. The van der Waals surface area contributed by atoms with Gasteiger partial charge in [0.05, 0.1) is 17.4 Å². The van der Waals surface area contributed by atoms with Gasteiger partial charge in [-0.1, -0.05) is 58.4 Å². The lowest BCUT2D eigenvalue weighted by Crippen LogP contribution is -2.34. The van der Waals surface area contributed by atoms with Crippen molar-refractivity contribution in [2.75, 3.05) is 9.80 Å². The molecular weight excluding hydrogens is 364 g/mol. The van der Waals surface area contributed by atoms with Crippen LogP contribution in [0.25, 0.3) is 0 Å². The van der Waals surface area contributed by atoms with Crippen LogP contribution in [0, 0.1) is 0 Å². The van der Waals surface area contributed by atoms with Crippen LogP contribution >= 0.6 is 15.9 Å². The number of halogens is 1. The molecule has 1 aliphatic carbocycles. The van der Waals surface area contributed by atoms with Gasteiger partial charge in [0, 0.05) is 10.2 Å². The van der Waals surface area contributed by atoms with E-state index in [9.17, 15) is 4.79 Å². The number of nitrogens with zero attached hydrogens (tertiary/aromatic N) is 2. The Morgan fingerprint density at radius 1 is 0.833 bits per heavy atom. The number of rotatable bonds is 2. The minimum atomic E-state index is -0.112. The zero-order valence-electron chi connectivity index (χ0n) is 12.8. The predicted octanol–water partition coefficient (Wildman–Crippen LogP) is 5.27. The largest absolute Gasteiger partial charge is 0.334 e. The summed E-state index contributed by atoms with van der Waals surface area (Å²) >= 11 is 3.45. The van der Waals surface area contributed by atoms with Crippen LogP contribution in [0.3, 0.4) is 0 Å². The van der Waals surface area contributed by atoms with Gasteiger partial charge in [-0.05, 0) is 42.5 Å². The molecule has 2 amide bonds. The third-order valence-corrected chi connectivity index (χ3v) is 4.67. The number of hydrogen-bond acceptors (Lipinski definition) is 1. The van der Waals surface area contributed by atoms with Crippen molar-refractivity contribution in [1.82, 2.24) is 0 Å². The molecule has 0 aromatic heterocycles. The number of urea groups is 1. The standard InChI is InChI=1S/C20H15BrN2O/c21-15-11-13-17(14-12-15)23-19-10-6-2-5-9-18(19)22(20(23)24)16-7-3-1-4-8-16/h1-14,18H. The molecule has 1 saturated heterocycles. The summed E-state index contributed by atoms with van der Waals surface area (Å²) in [7, 11) is 0. The van der Waals surface area contributed by atoms with E-state index >= 15 is 0 Å². The Morgan fingerprint density at radius 3 is 2.33 bits per heavy atom. The van der Waals surface area contributed by atoms with Crippen LogP contribution in [-0.2, 0) is 0 Å². The average molecular weight is 379 g/mol. The number of fused-ring (bicyclic) bond motifs is 1. The summed E-state index contributed by atoms with van der Waals surface area (Å²) in [6.07, 6.45) is 10.0. The molecule has 2 aromatic carbocycles. The quantitative estimate of drug-likeness (QED) is 0.697. The Morgan fingerprint density at radius 2 is 1.58 bits per heavy atom. The number of hydrogen-bond donors (Lipinski definition) is 0. The van der Waals surface area contributed by atoms with Crippen molar-refractivity contribution >= 4 is 33.3 Å². The minimum Gasteiger partial charge on any atom is -0.281 e. The summed E-state index contributed by atoms with van der Waals surface area (Å²) in [5.41, 5.74) is 2.71. The number of carbonyl (C=O) groups is 1. The first-order chi connectivity index (χ1) is 11.8. The highest BCUT2D eigenvalue weighted by Gasteiger charge is 2.42. The number of allylic oxidation sites excluding steroid dienone is 4. The van der Waals surface area contributed by atoms with E-state index in [4.69, 9.17) is 0 Å². The molecule has 0 radical (unpaired) electrons. The van der Waals surface area contributed by atoms with E-state index in [1.165, 1.54) is 0 Å². The first kappa shape index (κ1) is 15.0. The molecule has 1 atom stereocenters. The highest BCUT2D eigenvalue weighted by molar-refractivity contribution is 9.10. The van der Waals surface area contributed by atoms with Crippen LogP contribution in [0.1, 0.15) is 0 Å². The van der Waals surface area contributed by atoms with Gasteiger partial charge in [0.2, 0.25) is 0 Å². The summed E-state index contributed by atoms with van der Waals surface area (Å²) in [5, 5.41) is 0. The van der Waals surface area contributed by atoms with Gasteiger partial charge < -0.3 is 0 Å². The van der Waals surface area contributed by atoms with Crippen molar-refractivity contribution in [3.63, 3.8) is 0 Å². The minimum absolute atomic E-state index is 0.0419. The predicted molar refractivity (Wildman–Crippen MR) is 101 cm³/mol. The van der Waals surface area contributed by atoms with Gasteiger partial charge in [-0.2, -0.15) is 0 Å². The summed E-state index contributed by atoms with van der Waals surface area (Å²) < 4.78 is 0.990. The van der Waals surface area contributed by atoms with E-state index in [0.29, 0.717) is 0 Å². The Labute approximate surface area is 149 Å². The lowest BCUT2D eigenvalue weighted by molar-refractivity contribution is 0.256. The smallest absolute Gasteiger partial charge is 0.281 e. The van der Waals surface area contributed by atoms with Crippen LogP contribution in [0.4, 0.5) is 16.2 Å². The zero-order chi connectivity index (χ0) is 16.5. The second kappa shape index (κ2) is 6.13. The fourth-order valence-electron chi connectivity index (χ4n) is 3.06. The first-order valence-electron chi connectivity index (χ1n) is 7.75. The van der Waals surface area contributed by atoms with Gasteiger partial charge >= 0.3 is 6.03 Å². The average Bonchev–Trinajstić information content (AvgIpc) is 2.75. The molecule has 2 aromatic rings. The van der Waals surface area contributed by atoms with E-state index in [1.807, 2.05) is 83.8 Å². The lowest BCUT2D eigenvalue weighted by Gasteiger charge is -2.20. The van der Waals surface area contributed by atoms with Crippen molar-refractivity contribution in [3.8, 4) is 0 Å². The third-order valence-electron chi connectivity index (χ3n) is 4.14. The van der Waals surface area contributed by atoms with Crippen LogP contribution < -0.4 is 9.80 Å². The molecule has 1 heterocycles. The van der Waals surface area contributed by atoms with Gasteiger partial charge in [-0.25, -0.2) is 4.79 Å². The highest BCUT2D eigenvalue weighted by Crippen LogP contribution is 2.37. The highest BCUT2D eigenvalue weighted by atomic mass is 79.9. The molecular formula is C20H15BrN2O. The van der Waals surface area contributed by atoms with Crippen LogP contribution in [0.5, 0.6) is 0 Å². The van der Waals surface area contributed by atoms with E-state index < -0.39 is 0 Å². The van der Waals surface area contributed by atoms with E-state index in [1.54, 1.807) is 4.90 Å². The molecule has 24 heavy (non-hydrogen) atoms. The monoisotopic (exact) mass is 378 g/mol. The van der Waals surface area contributed by atoms with E-state index in [2.05, 4.69) is 22.0 Å². The maximum absolute atomic E-state index is 13.2. The fraction of sp³-hybridized carbons (Fsp3) is 0.0500. The first-order valence-corrected chi connectivity index (χ1v) is 8.54. The summed E-state index contributed by atoms with van der Waals surface area (Å²) in [4.78, 5) is 16.8. The number of amides is 2. The number of para-hydroxylation sites is 1. The van der Waals surface area contributed by atoms with Crippen molar-refractivity contribution in [3.05, 3.63) is 95.1 Å². The van der Waals surface area contributed by atoms with Gasteiger partial charge in [-0.3, -0.25) is 9.80 Å². The molecule has 1 fully saturated rings. The Balaban J connectivity index is 1.84. The van der Waals surface area contributed by atoms with Gasteiger partial charge in [0.1, 0.15) is 0 Å². The van der Waals surface area contributed by atoms with Crippen molar-refractivity contribution in [1.29, 1.82) is 0 Å². The van der Waals surface area contributed by atoms with E-state index in [0.717, 1.165) is 21.5 Å². The maximum atomic E-state index is 13.2. The number of anilines is 2. The SMILES string of the molecule is O=C1N(c2ccc(Br)cc2)C2=CC=CC=CC2N1c1ccccc1. The normalized spacial score (nSPS) is 19.3. The molecule has 0 bridgehead atoms. The Kier molecular flexibility index (Phi) is 3.82. The number of benzene rings is 2. The molecule has 4 heteroatoms. The molecule has 2 aliphatic rings. The van der Waals surface area contributed by atoms with Crippen LogP contribution in [0.2, 0.25) is 0 Å². The maximum Gasteiger partial charge on any atom is 0.334 e. The topological polar surface area (TPSA) is 23.6 Å².